The van der Waals surface area contributed by atoms with E-state index in [0.29, 0.717) is 0 Å². The number of ether oxygens (including phenoxy) is 1. The molecule has 88 valence electrons. The Labute approximate surface area is 106 Å². The molecule has 0 radical (unpaired) electrons. The molecule has 0 heterocycles. The summed E-state index contributed by atoms with van der Waals surface area (Å²) in [7, 11) is 0. The minimum absolute atomic E-state index is 0.183. The zero-order valence-corrected chi connectivity index (χ0v) is 10.4. The van der Waals surface area contributed by atoms with Gasteiger partial charge in [-0.2, -0.15) is 0 Å². The molecule has 2 rings (SSSR count). The van der Waals surface area contributed by atoms with Crippen LogP contribution >= 0.6 is 15.9 Å². The van der Waals surface area contributed by atoms with E-state index in [-0.39, 0.29) is 12.4 Å². The quantitative estimate of drug-likeness (QED) is 0.820. The molecule has 0 aliphatic heterocycles. The van der Waals surface area contributed by atoms with Crippen molar-refractivity contribution in [3.05, 3.63) is 64.1 Å². The SMILES string of the molecule is Fc1cc(F)cc(OCc2cccc(Br)c2)c1. The first kappa shape index (κ1) is 12.0. The lowest BCUT2D eigenvalue weighted by Gasteiger charge is -2.06. The van der Waals surface area contributed by atoms with Gasteiger partial charge in [-0.3, -0.25) is 0 Å². The number of hydrogen-bond acceptors (Lipinski definition) is 1. The van der Waals surface area contributed by atoms with Crippen LogP contribution in [0.2, 0.25) is 0 Å². The van der Waals surface area contributed by atoms with E-state index in [1.807, 2.05) is 24.3 Å². The maximum atomic E-state index is 12.9. The second-order valence-electron chi connectivity index (χ2n) is 3.52. The summed E-state index contributed by atoms with van der Waals surface area (Å²) in [6, 6.07) is 10.6. The summed E-state index contributed by atoms with van der Waals surface area (Å²) in [4.78, 5) is 0. The van der Waals surface area contributed by atoms with Crippen LogP contribution in [0, 0.1) is 11.6 Å². The van der Waals surface area contributed by atoms with Crippen LogP contribution in [-0.2, 0) is 6.61 Å². The van der Waals surface area contributed by atoms with Gasteiger partial charge in [0.15, 0.2) is 0 Å². The Morgan fingerprint density at radius 3 is 2.35 bits per heavy atom. The average molecular weight is 299 g/mol. The fraction of sp³-hybridized carbons (Fsp3) is 0.0769. The highest BCUT2D eigenvalue weighted by Crippen LogP contribution is 2.18. The molecule has 0 amide bonds. The summed E-state index contributed by atoms with van der Waals surface area (Å²) in [6.45, 7) is 0.266. The third-order valence-corrected chi connectivity index (χ3v) is 2.62. The van der Waals surface area contributed by atoms with E-state index in [1.54, 1.807) is 0 Å². The monoisotopic (exact) mass is 298 g/mol. The highest BCUT2D eigenvalue weighted by atomic mass is 79.9. The van der Waals surface area contributed by atoms with Crippen molar-refractivity contribution in [1.29, 1.82) is 0 Å². The summed E-state index contributed by atoms with van der Waals surface area (Å²) in [5.74, 6) is -1.11. The van der Waals surface area contributed by atoms with Crippen molar-refractivity contribution in [1.82, 2.24) is 0 Å². The van der Waals surface area contributed by atoms with Gasteiger partial charge in [0.1, 0.15) is 24.0 Å². The van der Waals surface area contributed by atoms with Crippen LogP contribution in [0.25, 0.3) is 0 Å². The highest BCUT2D eigenvalue weighted by Gasteiger charge is 2.02. The lowest BCUT2D eigenvalue weighted by Crippen LogP contribution is -1.96. The summed E-state index contributed by atoms with van der Waals surface area (Å²) in [5.41, 5.74) is 0.920. The van der Waals surface area contributed by atoms with Crippen LogP contribution in [0.3, 0.4) is 0 Å². The first-order valence-corrected chi connectivity index (χ1v) is 5.76. The Morgan fingerprint density at radius 1 is 1.00 bits per heavy atom. The molecule has 0 saturated heterocycles. The summed E-state index contributed by atoms with van der Waals surface area (Å²) < 4.78 is 32.0. The van der Waals surface area contributed by atoms with Crippen LogP contribution < -0.4 is 4.74 Å². The summed E-state index contributed by atoms with van der Waals surface area (Å²) in [5, 5.41) is 0. The Kier molecular flexibility index (Phi) is 3.74. The molecular weight excluding hydrogens is 290 g/mol. The molecule has 0 aliphatic carbocycles. The van der Waals surface area contributed by atoms with Crippen molar-refractivity contribution in [3.63, 3.8) is 0 Å². The zero-order chi connectivity index (χ0) is 12.3. The van der Waals surface area contributed by atoms with E-state index >= 15 is 0 Å². The maximum Gasteiger partial charge on any atom is 0.129 e. The molecule has 1 nitrogen and oxygen atoms in total. The molecule has 0 bridgehead atoms. The molecule has 0 saturated carbocycles. The van der Waals surface area contributed by atoms with Gasteiger partial charge in [0.2, 0.25) is 0 Å². The zero-order valence-electron chi connectivity index (χ0n) is 8.79. The van der Waals surface area contributed by atoms with E-state index in [4.69, 9.17) is 4.74 Å². The van der Waals surface area contributed by atoms with Gasteiger partial charge >= 0.3 is 0 Å². The molecule has 2 aromatic carbocycles. The first-order valence-electron chi connectivity index (χ1n) is 4.97. The van der Waals surface area contributed by atoms with Crippen LogP contribution in [-0.4, -0.2) is 0 Å². The molecule has 0 aromatic heterocycles. The molecular formula is C13H9BrF2O. The van der Waals surface area contributed by atoms with Crippen molar-refractivity contribution in [2.24, 2.45) is 0 Å². The second kappa shape index (κ2) is 5.27. The van der Waals surface area contributed by atoms with Gasteiger partial charge < -0.3 is 4.74 Å². The van der Waals surface area contributed by atoms with Crippen molar-refractivity contribution in [2.45, 2.75) is 6.61 Å². The van der Waals surface area contributed by atoms with Crippen molar-refractivity contribution in [2.75, 3.05) is 0 Å². The van der Waals surface area contributed by atoms with Gasteiger partial charge in [-0.15, -0.1) is 0 Å². The van der Waals surface area contributed by atoms with E-state index in [0.717, 1.165) is 28.2 Å². The largest absolute Gasteiger partial charge is 0.489 e. The Balaban J connectivity index is 2.07. The lowest BCUT2D eigenvalue weighted by atomic mass is 10.2. The van der Waals surface area contributed by atoms with E-state index in [1.165, 1.54) is 0 Å². The maximum absolute atomic E-state index is 12.9. The van der Waals surface area contributed by atoms with Gasteiger partial charge in [-0.05, 0) is 17.7 Å². The van der Waals surface area contributed by atoms with Gasteiger partial charge in [-0.1, -0.05) is 28.1 Å². The minimum atomic E-state index is -0.644. The number of halogens is 3. The molecule has 0 N–H and O–H groups in total. The van der Waals surface area contributed by atoms with Crippen molar-refractivity contribution >= 4 is 15.9 Å². The lowest BCUT2D eigenvalue weighted by molar-refractivity contribution is 0.302. The smallest absolute Gasteiger partial charge is 0.129 e. The molecule has 0 atom stereocenters. The third-order valence-electron chi connectivity index (χ3n) is 2.13. The molecule has 0 fully saturated rings. The minimum Gasteiger partial charge on any atom is -0.489 e. The number of benzene rings is 2. The molecule has 4 heteroatoms. The molecule has 0 unspecified atom stereocenters. The van der Waals surface area contributed by atoms with E-state index in [2.05, 4.69) is 15.9 Å². The molecule has 0 aliphatic rings. The van der Waals surface area contributed by atoms with E-state index < -0.39 is 11.6 Å². The normalized spacial score (nSPS) is 10.3. The summed E-state index contributed by atoms with van der Waals surface area (Å²) >= 11 is 3.34. The van der Waals surface area contributed by atoms with Crippen LogP contribution in [0.5, 0.6) is 5.75 Å². The fourth-order valence-corrected chi connectivity index (χ4v) is 1.85. The van der Waals surface area contributed by atoms with Crippen molar-refractivity contribution < 1.29 is 13.5 Å². The van der Waals surface area contributed by atoms with Crippen LogP contribution in [0.15, 0.2) is 46.9 Å². The number of hydrogen-bond donors (Lipinski definition) is 0. The average Bonchev–Trinajstić information content (AvgIpc) is 2.25. The fourth-order valence-electron chi connectivity index (χ4n) is 1.41. The Hall–Kier alpha value is -1.42. The predicted molar refractivity (Wildman–Crippen MR) is 64.8 cm³/mol. The molecule has 2 aromatic rings. The second-order valence-corrected chi connectivity index (χ2v) is 4.44. The van der Waals surface area contributed by atoms with Crippen molar-refractivity contribution in [3.8, 4) is 5.75 Å². The van der Waals surface area contributed by atoms with Gasteiger partial charge in [-0.25, -0.2) is 8.78 Å². The first-order chi connectivity index (χ1) is 8.13. The van der Waals surface area contributed by atoms with Gasteiger partial charge in [0.05, 0.1) is 0 Å². The topological polar surface area (TPSA) is 9.23 Å². The van der Waals surface area contributed by atoms with Gasteiger partial charge in [0, 0.05) is 22.7 Å². The summed E-state index contributed by atoms with van der Waals surface area (Å²) in [6.07, 6.45) is 0. The Morgan fingerprint density at radius 2 is 1.71 bits per heavy atom. The van der Waals surface area contributed by atoms with Crippen LogP contribution in [0.1, 0.15) is 5.56 Å². The standard InChI is InChI=1S/C13H9BrF2O/c14-10-3-1-2-9(4-10)8-17-13-6-11(15)5-12(16)7-13/h1-7H,8H2. The third kappa shape index (κ3) is 3.53. The highest BCUT2D eigenvalue weighted by molar-refractivity contribution is 9.10. The predicted octanol–water partition coefficient (Wildman–Crippen LogP) is 4.31. The molecule has 0 spiro atoms. The van der Waals surface area contributed by atoms with Gasteiger partial charge in [0.25, 0.3) is 0 Å². The van der Waals surface area contributed by atoms with E-state index in [9.17, 15) is 8.78 Å². The molecule has 17 heavy (non-hydrogen) atoms. The van der Waals surface area contributed by atoms with Crippen LogP contribution in [0.4, 0.5) is 8.78 Å². The Bertz CT molecular complexity index is 508. The number of rotatable bonds is 3.